The Morgan fingerprint density at radius 2 is 1.35 bits per heavy atom. The quantitative estimate of drug-likeness (QED) is 0.392. The molecule has 0 nitrogen and oxygen atoms in total. The van der Waals surface area contributed by atoms with Crippen LogP contribution in [0.2, 0.25) is 3.63 Å². The molecule has 2 unspecified atom stereocenters. The maximum atomic E-state index is 2.70. The Balaban J connectivity index is 0.00000185. The van der Waals surface area contributed by atoms with Crippen LogP contribution >= 0.6 is 0 Å². The van der Waals surface area contributed by atoms with Crippen LogP contribution in [0.25, 0.3) is 22.3 Å². The Morgan fingerprint density at radius 3 is 1.90 bits per heavy atom. The Kier molecular flexibility index (Phi) is 8.53. The molecule has 0 N–H and O–H groups in total. The van der Waals surface area contributed by atoms with E-state index in [1.54, 1.807) is 17.6 Å². The predicted molar refractivity (Wildman–Crippen MR) is 164 cm³/mol. The summed E-state index contributed by atoms with van der Waals surface area (Å²) in [5, 5.41) is 0. The second-order valence-electron chi connectivity index (χ2n) is 14.0. The molecule has 0 fully saturated rings. The predicted octanol–water partition coefficient (Wildman–Crippen LogP) is 4.14. The number of rotatable bonds is 2. The molecule has 0 saturated heterocycles. The molecule has 0 aromatic heterocycles. The first-order valence-corrected chi connectivity index (χ1v) is 18.5. The fraction of sp³-hybridized carbons (Fsp3) is 0.432. The van der Waals surface area contributed by atoms with E-state index in [1.807, 2.05) is 0 Å². The van der Waals surface area contributed by atoms with Gasteiger partial charge >= 0.3 is 240 Å². The van der Waals surface area contributed by atoms with Crippen LogP contribution in [-0.4, -0.2) is 3.21 Å². The van der Waals surface area contributed by atoms with Crippen LogP contribution in [0, 0.1) is 5.92 Å². The molecular weight excluding hydrogens is 607 g/mol. The molecule has 0 spiro atoms. The molecule has 6 rings (SSSR count). The minimum Gasteiger partial charge on any atom is -1.00 e. The minimum absolute atomic E-state index is 0. The Bertz CT molecular complexity index is 1570. The zero-order chi connectivity index (χ0) is 27.3. The summed E-state index contributed by atoms with van der Waals surface area (Å²) in [5.74, 6) is 0.604. The zero-order valence-corrected chi connectivity index (χ0v) is 29.9. The van der Waals surface area contributed by atoms with Gasteiger partial charge in [-0.2, -0.15) is 0 Å². The smallest absolute Gasteiger partial charge is 1.00 e. The molecule has 0 amide bonds. The second-order valence-corrected chi connectivity index (χ2v) is 21.5. The zero-order valence-electron chi connectivity index (χ0n) is 25.9. The molecule has 2 aromatic carbocycles. The van der Waals surface area contributed by atoms with Gasteiger partial charge in [-0.25, -0.2) is 0 Å². The molecule has 40 heavy (non-hydrogen) atoms. The van der Waals surface area contributed by atoms with Gasteiger partial charge in [0, 0.05) is 0 Å². The van der Waals surface area contributed by atoms with Gasteiger partial charge in [0.1, 0.15) is 0 Å². The molecule has 0 heterocycles. The molecule has 4 aliphatic carbocycles. The SMILES string of the molecule is CC1=CC(C)[C]([Zr+2](=[C](C)C)[CH]2C=C(C)c3cc4c(cc3C2(C)C)Cc2cc3c(cc2-4)C(C)=CCC3(C)C)=C1.[Cl-].[Cl-]. The summed E-state index contributed by atoms with van der Waals surface area (Å²) in [5.41, 5.74) is 16.8. The van der Waals surface area contributed by atoms with Gasteiger partial charge in [0.15, 0.2) is 0 Å². The maximum absolute atomic E-state index is 2.70. The van der Waals surface area contributed by atoms with Gasteiger partial charge in [-0.1, -0.05) is 0 Å². The van der Waals surface area contributed by atoms with Crippen molar-refractivity contribution in [2.24, 2.45) is 5.92 Å². The topological polar surface area (TPSA) is 0 Å². The van der Waals surface area contributed by atoms with Crippen molar-refractivity contribution in [2.45, 2.75) is 96.5 Å². The fourth-order valence-corrected chi connectivity index (χ4v) is 17.2. The van der Waals surface area contributed by atoms with Crippen molar-refractivity contribution < 1.29 is 46.1 Å². The Labute approximate surface area is 263 Å². The molecule has 0 aliphatic heterocycles. The normalized spacial score (nSPS) is 22.4. The van der Waals surface area contributed by atoms with Crippen molar-refractivity contribution in [2.75, 3.05) is 0 Å². The fourth-order valence-electron chi connectivity index (χ4n) is 7.83. The number of fused-ring (bicyclic) bond motifs is 5. The van der Waals surface area contributed by atoms with E-state index in [-0.39, 0.29) is 35.6 Å². The summed E-state index contributed by atoms with van der Waals surface area (Å²) in [6, 6.07) is 10.3. The van der Waals surface area contributed by atoms with Crippen molar-refractivity contribution in [3.8, 4) is 11.1 Å². The van der Waals surface area contributed by atoms with Gasteiger partial charge < -0.3 is 24.8 Å². The summed E-state index contributed by atoms with van der Waals surface area (Å²) in [7, 11) is 0. The van der Waals surface area contributed by atoms with Gasteiger partial charge in [-0.05, 0) is 0 Å². The summed E-state index contributed by atoms with van der Waals surface area (Å²) < 4.78 is 4.17. The van der Waals surface area contributed by atoms with Gasteiger partial charge in [0.2, 0.25) is 0 Å². The second kappa shape index (κ2) is 10.8. The third kappa shape index (κ3) is 4.81. The minimum atomic E-state index is -2.08. The molecule has 0 radical (unpaired) electrons. The van der Waals surface area contributed by atoms with E-state index >= 15 is 0 Å². The number of benzene rings is 2. The molecule has 2 atom stereocenters. The van der Waals surface area contributed by atoms with E-state index in [0.29, 0.717) is 9.54 Å². The maximum Gasteiger partial charge on any atom is -1.00 e. The van der Waals surface area contributed by atoms with E-state index < -0.39 is 21.3 Å². The molecule has 210 valence electrons. The van der Waals surface area contributed by atoms with E-state index in [0.717, 1.165) is 12.8 Å². The van der Waals surface area contributed by atoms with Gasteiger partial charge in [0.25, 0.3) is 0 Å². The molecule has 0 saturated carbocycles. The monoisotopic (exact) mass is 648 g/mol. The van der Waals surface area contributed by atoms with Crippen LogP contribution in [0.1, 0.15) is 109 Å². The molecule has 3 heteroatoms. The van der Waals surface area contributed by atoms with Crippen LogP contribution in [0.5, 0.6) is 0 Å². The number of hydrogen-bond donors (Lipinski definition) is 0. The van der Waals surface area contributed by atoms with Gasteiger partial charge in [-0.3, -0.25) is 0 Å². The standard InChI is InChI=1S/C27H29.C7H9.C3H6.2ClH.Zr/c1-16-7-9-26(3,4)24-12-18-11-19-13-25-21(17(2)8-10-27(25,5)6)15-23(19)22(18)14-20(16)24;1-6-3-4-7(2)5-6;1-3-2;;;/h7-9,12-15H,10-11H2,1-6H3;3,5,7H,1-2H3;1-2H3;2*1H;/q;;;;;+2/p-2. The first kappa shape index (κ1) is 31.7. The van der Waals surface area contributed by atoms with Crippen LogP contribution in [-0.2, 0) is 38.5 Å². The summed E-state index contributed by atoms with van der Waals surface area (Å²) in [6.07, 6.45) is 12.4. The first-order chi connectivity index (χ1) is 17.8. The van der Waals surface area contributed by atoms with Crippen molar-refractivity contribution in [1.29, 1.82) is 0 Å². The number of halogens is 2. The van der Waals surface area contributed by atoms with E-state index in [2.05, 4.69) is 118 Å². The first-order valence-electron chi connectivity index (χ1n) is 14.6. The molecule has 0 bridgehead atoms. The summed E-state index contributed by atoms with van der Waals surface area (Å²) in [4.78, 5) is 0. The van der Waals surface area contributed by atoms with Crippen molar-refractivity contribution in [3.63, 3.8) is 0 Å². The largest absolute Gasteiger partial charge is 1.00 e. The van der Waals surface area contributed by atoms with Crippen LogP contribution < -0.4 is 24.8 Å². The molecular formula is C37H44Cl2Zr. The third-order valence-corrected chi connectivity index (χ3v) is 19.5. The average molecular weight is 651 g/mol. The summed E-state index contributed by atoms with van der Waals surface area (Å²) in [6.45, 7) is 24.2. The number of allylic oxidation sites excluding steroid dienone is 8. The van der Waals surface area contributed by atoms with Gasteiger partial charge in [0.05, 0.1) is 0 Å². The van der Waals surface area contributed by atoms with Crippen molar-refractivity contribution >= 4 is 14.4 Å². The van der Waals surface area contributed by atoms with Crippen LogP contribution in [0.4, 0.5) is 0 Å². The van der Waals surface area contributed by atoms with Crippen LogP contribution in [0.15, 0.2) is 57.4 Å². The van der Waals surface area contributed by atoms with Crippen molar-refractivity contribution in [1.82, 2.24) is 0 Å². The Hall–Kier alpha value is -1.27. The van der Waals surface area contributed by atoms with E-state index in [1.165, 1.54) is 50.1 Å². The Morgan fingerprint density at radius 1 is 0.775 bits per heavy atom. The molecule has 2 aromatic rings. The van der Waals surface area contributed by atoms with Gasteiger partial charge in [-0.15, -0.1) is 0 Å². The van der Waals surface area contributed by atoms with Crippen molar-refractivity contribution in [3.05, 3.63) is 90.8 Å². The van der Waals surface area contributed by atoms with Crippen LogP contribution in [0.3, 0.4) is 0 Å². The average Bonchev–Trinajstić information content (AvgIpc) is 3.36. The van der Waals surface area contributed by atoms with E-state index in [9.17, 15) is 0 Å². The summed E-state index contributed by atoms with van der Waals surface area (Å²) >= 11 is -2.08. The number of hydrogen-bond acceptors (Lipinski definition) is 0. The molecule has 4 aliphatic rings. The third-order valence-electron chi connectivity index (χ3n) is 10.1. The van der Waals surface area contributed by atoms with E-state index in [4.69, 9.17) is 0 Å².